The minimum absolute atomic E-state index is 0.0303. The van der Waals surface area contributed by atoms with Crippen LogP contribution in [0.25, 0.3) is 0 Å². The predicted octanol–water partition coefficient (Wildman–Crippen LogP) is 2.58. The van der Waals surface area contributed by atoms with Crippen molar-refractivity contribution in [2.75, 3.05) is 26.2 Å². The first-order valence-electron chi connectivity index (χ1n) is 7.94. The van der Waals surface area contributed by atoms with E-state index in [2.05, 4.69) is 37.8 Å². The topological polar surface area (TPSA) is 47.7 Å². The Hall–Kier alpha value is -1.10. The van der Waals surface area contributed by atoms with Gasteiger partial charge in [0.25, 0.3) is 0 Å². The van der Waals surface area contributed by atoms with Crippen LogP contribution in [-0.2, 0) is 4.74 Å². The molecule has 118 valence electrons. The minimum Gasteiger partial charge on any atom is -0.494 e. The van der Waals surface area contributed by atoms with Crippen molar-refractivity contribution in [3.05, 3.63) is 29.8 Å². The Kier molecular flexibility index (Phi) is 6.03. The maximum Gasteiger partial charge on any atom is 0.119 e. The van der Waals surface area contributed by atoms with E-state index < -0.39 is 0 Å². The molecule has 1 aromatic rings. The summed E-state index contributed by atoms with van der Waals surface area (Å²) < 4.78 is 11.4. The number of nitrogens with zero attached hydrogens (tertiary/aromatic N) is 1. The van der Waals surface area contributed by atoms with E-state index in [0.717, 1.165) is 44.0 Å². The highest BCUT2D eigenvalue weighted by Gasteiger charge is 2.23. The van der Waals surface area contributed by atoms with Gasteiger partial charge in [0, 0.05) is 25.7 Å². The SMILES string of the molecule is CCCOc1ccc(C(N)CN2C[C@@H](C)O[C@@H](C)C2)cc1. The molecule has 1 aliphatic rings. The lowest BCUT2D eigenvalue weighted by Crippen LogP contribution is -2.47. The van der Waals surface area contributed by atoms with E-state index in [1.165, 1.54) is 0 Å². The second-order valence-corrected chi connectivity index (χ2v) is 6.00. The van der Waals surface area contributed by atoms with Gasteiger partial charge in [-0.15, -0.1) is 0 Å². The van der Waals surface area contributed by atoms with Crippen LogP contribution in [0, 0.1) is 0 Å². The summed E-state index contributed by atoms with van der Waals surface area (Å²) in [6.45, 7) is 9.88. The standard InChI is InChI=1S/C17H28N2O2/c1-4-9-20-16-7-5-15(6-8-16)17(18)12-19-10-13(2)21-14(3)11-19/h5-8,13-14,17H,4,9-12,18H2,1-3H3/t13-,14+,17?. The molecule has 1 unspecified atom stereocenters. The zero-order valence-electron chi connectivity index (χ0n) is 13.4. The summed E-state index contributed by atoms with van der Waals surface area (Å²) in [6.07, 6.45) is 1.59. The van der Waals surface area contributed by atoms with Crippen LogP contribution >= 0.6 is 0 Å². The van der Waals surface area contributed by atoms with Gasteiger partial charge < -0.3 is 15.2 Å². The fourth-order valence-corrected chi connectivity index (χ4v) is 2.85. The van der Waals surface area contributed by atoms with Crippen molar-refractivity contribution in [2.24, 2.45) is 5.73 Å². The average molecular weight is 292 g/mol. The Morgan fingerprint density at radius 1 is 1.24 bits per heavy atom. The molecular formula is C17H28N2O2. The molecule has 0 aromatic heterocycles. The van der Waals surface area contributed by atoms with E-state index in [9.17, 15) is 0 Å². The van der Waals surface area contributed by atoms with E-state index in [-0.39, 0.29) is 18.2 Å². The van der Waals surface area contributed by atoms with E-state index in [1.807, 2.05) is 12.1 Å². The van der Waals surface area contributed by atoms with Crippen LogP contribution in [0.2, 0.25) is 0 Å². The smallest absolute Gasteiger partial charge is 0.119 e. The molecule has 0 spiro atoms. The summed E-state index contributed by atoms with van der Waals surface area (Å²) in [5.74, 6) is 0.918. The van der Waals surface area contributed by atoms with Crippen molar-refractivity contribution in [2.45, 2.75) is 45.4 Å². The van der Waals surface area contributed by atoms with Gasteiger partial charge in [0.15, 0.2) is 0 Å². The average Bonchev–Trinajstić information content (AvgIpc) is 2.44. The highest BCUT2D eigenvalue weighted by molar-refractivity contribution is 5.29. The molecule has 0 saturated carbocycles. The number of rotatable bonds is 6. The Labute approximate surface area is 128 Å². The Bertz CT molecular complexity index is 411. The fraction of sp³-hybridized carbons (Fsp3) is 0.647. The van der Waals surface area contributed by atoms with E-state index in [1.54, 1.807) is 0 Å². The van der Waals surface area contributed by atoms with E-state index in [4.69, 9.17) is 15.2 Å². The van der Waals surface area contributed by atoms with Gasteiger partial charge in [0.05, 0.1) is 18.8 Å². The molecular weight excluding hydrogens is 264 g/mol. The van der Waals surface area contributed by atoms with Gasteiger partial charge in [-0.2, -0.15) is 0 Å². The summed E-state index contributed by atoms with van der Waals surface area (Å²) in [6, 6.07) is 8.19. The molecule has 0 aliphatic carbocycles. The van der Waals surface area contributed by atoms with Gasteiger partial charge in [0.2, 0.25) is 0 Å². The van der Waals surface area contributed by atoms with Crippen LogP contribution in [0.3, 0.4) is 0 Å². The molecule has 1 fully saturated rings. The molecule has 3 atom stereocenters. The molecule has 2 N–H and O–H groups in total. The molecule has 1 heterocycles. The van der Waals surface area contributed by atoms with E-state index in [0.29, 0.717) is 0 Å². The van der Waals surface area contributed by atoms with Crippen molar-refractivity contribution in [3.8, 4) is 5.75 Å². The molecule has 0 amide bonds. The summed E-state index contributed by atoms with van der Waals surface area (Å²) in [5, 5.41) is 0. The zero-order valence-corrected chi connectivity index (χ0v) is 13.4. The first-order valence-corrected chi connectivity index (χ1v) is 7.94. The number of benzene rings is 1. The lowest BCUT2D eigenvalue weighted by atomic mass is 10.1. The number of ether oxygens (including phenoxy) is 2. The fourth-order valence-electron chi connectivity index (χ4n) is 2.85. The molecule has 0 bridgehead atoms. The van der Waals surface area contributed by atoms with Gasteiger partial charge in [-0.3, -0.25) is 4.90 Å². The molecule has 0 radical (unpaired) electrons. The minimum atomic E-state index is 0.0303. The van der Waals surface area contributed by atoms with Gasteiger partial charge in [0.1, 0.15) is 5.75 Å². The van der Waals surface area contributed by atoms with Crippen LogP contribution in [0.1, 0.15) is 38.8 Å². The second-order valence-electron chi connectivity index (χ2n) is 6.00. The summed E-state index contributed by atoms with van der Waals surface area (Å²) in [5.41, 5.74) is 7.50. The highest BCUT2D eigenvalue weighted by atomic mass is 16.5. The van der Waals surface area contributed by atoms with Crippen molar-refractivity contribution in [1.29, 1.82) is 0 Å². The summed E-state index contributed by atoms with van der Waals surface area (Å²) in [7, 11) is 0. The maximum atomic E-state index is 6.34. The number of hydrogen-bond acceptors (Lipinski definition) is 4. The lowest BCUT2D eigenvalue weighted by Gasteiger charge is -2.36. The monoisotopic (exact) mass is 292 g/mol. The normalized spacial score (nSPS) is 24.8. The Balaban J connectivity index is 1.89. The third-order valence-corrected chi connectivity index (χ3v) is 3.73. The molecule has 1 aromatic carbocycles. The van der Waals surface area contributed by atoms with Crippen LogP contribution in [0.4, 0.5) is 0 Å². The molecule has 1 aliphatic heterocycles. The summed E-state index contributed by atoms with van der Waals surface area (Å²) >= 11 is 0. The van der Waals surface area contributed by atoms with Gasteiger partial charge in [-0.05, 0) is 38.0 Å². The third-order valence-electron chi connectivity index (χ3n) is 3.73. The van der Waals surface area contributed by atoms with E-state index >= 15 is 0 Å². The van der Waals surface area contributed by atoms with Gasteiger partial charge in [-0.25, -0.2) is 0 Å². The predicted molar refractivity (Wildman–Crippen MR) is 85.6 cm³/mol. The zero-order chi connectivity index (χ0) is 15.2. The number of morpholine rings is 1. The van der Waals surface area contributed by atoms with Crippen LogP contribution in [0.15, 0.2) is 24.3 Å². The Morgan fingerprint density at radius 2 is 1.86 bits per heavy atom. The Morgan fingerprint density at radius 3 is 2.43 bits per heavy atom. The quantitative estimate of drug-likeness (QED) is 0.875. The van der Waals surface area contributed by atoms with Crippen LogP contribution in [-0.4, -0.2) is 43.3 Å². The molecule has 1 saturated heterocycles. The van der Waals surface area contributed by atoms with Crippen molar-refractivity contribution in [3.63, 3.8) is 0 Å². The maximum absolute atomic E-state index is 6.34. The summed E-state index contributed by atoms with van der Waals surface area (Å²) in [4.78, 5) is 2.39. The second kappa shape index (κ2) is 7.78. The number of nitrogens with two attached hydrogens (primary N) is 1. The highest BCUT2D eigenvalue weighted by Crippen LogP contribution is 2.19. The molecule has 4 nitrogen and oxygen atoms in total. The molecule has 4 heteroatoms. The largest absolute Gasteiger partial charge is 0.494 e. The van der Waals surface area contributed by atoms with Crippen molar-refractivity contribution >= 4 is 0 Å². The van der Waals surface area contributed by atoms with Crippen LogP contribution < -0.4 is 10.5 Å². The first-order chi connectivity index (χ1) is 10.1. The van der Waals surface area contributed by atoms with Crippen molar-refractivity contribution < 1.29 is 9.47 Å². The molecule has 2 rings (SSSR count). The molecule has 21 heavy (non-hydrogen) atoms. The first kappa shape index (κ1) is 16.3. The van der Waals surface area contributed by atoms with Gasteiger partial charge >= 0.3 is 0 Å². The number of hydrogen-bond donors (Lipinski definition) is 1. The van der Waals surface area contributed by atoms with Crippen molar-refractivity contribution in [1.82, 2.24) is 4.90 Å². The third kappa shape index (κ3) is 4.99. The van der Waals surface area contributed by atoms with Crippen LogP contribution in [0.5, 0.6) is 5.75 Å². The van der Waals surface area contributed by atoms with Gasteiger partial charge in [-0.1, -0.05) is 19.1 Å². The lowest BCUT2D eigenvalue weighted by molar-refractivity contribution is -0.0691.